The predicted molar refractivity (Wildman–Crippen MR) is 121 cm³/mol. The van der Waals surface area contributed by atoms with Gasteiger partial charge in [0, 0.05) is 26.9 Å². The van der Waals surface area contributed by atoms with Crippen LogP contribution in [-0.2, 0) is 9.84 Å². The minimum absolute atomic E-state index is 0.0248. The molecule has 0 N–H and O–H groups in total. The van der Waals surface area contributed by atoms with Gasteiger partial charge in [0.2, 0.25) is 9.84 Å². The molecule has 0 unspecified atom stereocenters. The number of nitro groups is 1. The van der Waals surface area contributed by atoms with Crippen LogP contribution >= 0.6 is 23.4 Å². The fourth-order valence-corrected chi connectivity index (χ4v) is 4.81. The van der Waals surface area contributed by atoms with Crippen LogP contribution in [0, 0.1) is 28.4 Å². The molecule has 3 aromatic carbocycles. The van der Waals surface area contributed by atoms with Crippen molar-refractivity contribution in [2.45, 2.75) is 21.6 Å². The van der Waals surface area contributed by atoms with Crippen molar-refractivity contribution in [2.24, 2.45) is 0 Å². The van der Waals surface area contributed by atoms with E-state index in [9.17, 15) is 23.8 Å². The van der Waals surface area contributed by atoms with Crippen molar-refractivity contribution in [3.63, 3.8) is 0 Å². The highest BCUT2D eigenvalue weighted by molar-refractivity contribution is 7.99. The Morgan fingerprint density at radius 1 is 1.10 bits per heavy atom. The second-order valence-corrected chi connectivity index (χ2v) is 9.94. The molecule has 0 aromatic heterocycles. The molecule has 6 nitrogen and oxygen atoms in total. The van der Waals surface area contributed by atoms with E-state index in [0.717, 1.165) is 10.5 Å². The number of rotatable bonds is 6. The highest BCUT2D eigenvalue weighted by Gasteiger charge is 2.22. The van der Waals surface area contributed by atoms with E-state index < -0.39 is 19.7 Å². The quantitative estimate of drug-likeness (QED) is 0.247. The van der Waals surface area contributed by atoms with E-state index in [2.05, 4.69) is 0 Å². The summed E-state index contributed by atoms with van der Waals surface area (Å²) in [5, 5.41) is 21.4. The maximum atomic E-state index is 13.0. The Hall–Kier alpha value is -3.12. The molecule has 0 fully saturated rings. The van der Waals surface area contributed by atoms with Crippen LogP contribution in [0.15, 0.2) is 86.3 Å². The molecule has 3 rings (SSSR count). The lowest BCUT2D eigenvalue weighted by Gasteiger charge is -2.08. The fourth-order valence-electron chi connectivity index (χ4n) is 2.64. The number of halogens is 1. The lowest BCUT2D eigenvalue weighted by Crippen LogP contribution is -2.04. The van der Waals surface area contributed by atoms with Gasteiger partial charge in [0.05, 0.1) is 9.82 Å². The molecule has 0 radical (unpaired) electrons. The first-order valence-corrected chi connectivity index (χ1v) is 11.5. The Morgan fingerprint density at radius 2 is 1.74 bits per heavy atom. The largest absolute Gasteiger partial charge is 0.270 e. The lowest BCUT2D eigenvalue weighted by atomic mass is 10.2. The summed E-state index contributed by atoms with van der Waals surface area (Å²) in [4.78, 5) is 11.5. The Labute approximate surface area is 188 Å². The summed E-state index contributed by atoms with van der Waals surface area (Å²) in [7, 11) is -4.09. The van der Waals surface area contributed by atoms with Crippen LogP contribution in [0.4, 0.5) is 5.69 Å². The lowest BCUT2D eigenvalue weighted by molar-refractivity contribution is -0.384. The topological polar surface area (TPSA) is 101 Å². The van der Waals surface area contributed by atoms with Gasteiger partial charge in [-0.3, -0.25) is 10.1 Å². The SMILES string of the molecule is Cc1ccc(S(=O)(=O)/C(C#N)=C/c2cc([N+](=O)[O-])ccc2Sc2ccc(Cl)cc2)cc1. The number of benzene rings is 3. The maximum Gasteiger partial charge on any atom is 0.270 e. The number of nitrogens with zero attached hydrogens (tertiary/aromatic N) is 2. The average Bonchev–Trinajstić information content (AvgIpc) is 2.74. The number of hydrogen-bond acceptors (Lipinski definition) is 6. The molecular formula is C22H15ClN2O4S2. The number of nitriles is 1. The van der Waals surface area contributed by atoms with Gasteiger partial charge in [-0.15, -0.1) is 0 Å². The standard InChI is InChI=1S/C22H15ClN2O4S2/c1-15-2-9-20(10-3-15)31(28,29)21(14-24)13-16-12-18(25(26)27)6-11-22(16)30-19-7-4-17(23)5-8-19/h2-13H,1H3/b21-13+. The van der Waals surface area contributed by atoms with Crippen molar-refractivity contribution in [3.8, 4) is 6.07 Å². The zero-order chi connectivity index (χ0) is 22.6. The van der Waals surface area contributed by atoms with Gasteiger partial charge in [-0.1, -0.05) is 41.1 Å². The number of sulfone groups is 1. The minimum Gasteiger partial charge on any atom is -0.258 e. The van der Waals surface area contributed by atoms with Crippen LogP contribution in [0.5, 0.6) is 0 Å². The fraction of sp³-hybridized carbons (Fsp3) is 0.0455. The van der Waals surface area contributed by atoms with Crippen molar-refractivity contribution < 1.29 is 13.3 Å². The summed E-state index contributed by atoms with van der Waals surface area (Å²) in [6.45, 7) is 1.82. The molecule has 156 valence electrons. The third kappa shape index (κ3) is 5.33. The highest BCUT2D eigenvalue weighted by atomic mass is 35.5. The van der Waals surface area contributed by atoms with E-state index in [1.807, 2.05) is 6.92 Å². The van der Waals surface area contributed by atoms with E-state index in [1.165, 1.54) is 48.2 Å². The number of hydrogen-bond donors (Lipinski definition) is 0. The van der Waals surface area contributed by atoms with Gasteiger partial charge in [-0.2, -0.15) is 5.26 Å². The average molecular weight is 471 g/mol. The normalized spacial score (nSPS) is 11.7. The first kappa shape index (κ1) is 22.6. The summed E-state index contributed by atoms with van der Waals surface area (Å²) >= 11 is 7.19. The zero-order valence-corrected chi connectivity index (χ0v) is 18.5. The van der Waals surface area contributed by atoms with Gasteiger partial charge in [-0.25, -0.2) is 8.42 Å². The predicted octanol–water partition coefficient (Wildman–Crippen LogP) is 6.05. The Bertz CT molecular complexity index is 1310. The molecule has 0 atom stereocenters. The Morgan fingerprint density at radius 3 is 2.32 bits per heavy atom. The van der Waals surface area contributed by atoms with Gasteiger partial charge in [-0.05, 0) is 61.0 Å². The summed E-state index contributed by atoms with van der Waals surface area (Å²) in [5.74, 6) is 0. The third-order valence-corrected chi connectivity index (χ3v) is 7.30. The summed E-state index contributed by atoms with van der Waals surface area (Å²) in [5.41, 5.74) is 0.917. The molecule has 0 aliphatic carbocycles. The van der Waals surface area contributed by atoms with Crippen molar-refractivity contribution >= 4 is 45.0 Å². The molecule has 0 aliphatic heterocycles. The molecule has 0 aliphatic rings. The molecule has 9 heteroatoms. The number of non-ortho nitro benzene ring substituents is 1. The first-order chi connectivity index (χ1) is 14.7. The molecular weight excluding hydrogens is 456 g/mol. The second-order valence-electron chi connectivity index (χ2n) is 6.47. The molecule has 0 amide bonds. The van der Waals surface area contributed by atoms with Crippen molar-refractivity contribution in [1.29, 1.82) is 5.26 Å². The molecule has 0 saturated heterocycles. The third-order valence-electron chi connectivity index (χ3n) is 4.26. The first-order valence-electron chi connectivity index (χ1n) is 8.86. The highest BCUT2D eigenvalue weighted by Crippen LogP contribution is 2.35. The van der Waals surface area contributed by atoms with E-state index in [1.54, 1.807) is 42.5 Å². The van der Waals surface area contributed by atoms with E-state index in [0.29, 0.717) is 9.92 Å². The van der Waals surface area contributed by atoms with Gasteiger partial charge < -0.3 is 0 Å². The van der Waals surface area contributed by atoms with Gasteiger partial charge in [0.1, 0.15) is 11.0 Å². The molecule has 0 bridgehead atoms. The van der Waals surface area contributed by atoms with Crippen molar-refractivity contribution in [3.05, 3.63) is 97.9 Å². The smallest absolute Gasteiger partial charge is 0.258 e. The Balaban J connectivity index is 2.11. The van der Waals surface area contributed by atoms with Gasteiger partial charge >= 0.3 is 0 Å². The summed E-state index contributed by atoms with van der Waals surface area (Å²) in [6, 6.07) is 18.9. The monoisotopic (exact) mass is 470 g/mol. The number of aryl methyl sites for hydroxylation is 1. The second kappa shape index (κ2) is 9.35. The molecule has 3 aromatic rings. The number of allylic oxidation sites excluding steroid dienone is 1. The molecule has 31 heavy (non-hydrogen) atoms. The number of nitro benzene ring substituents is 1. The van der Waals surface area contributed by atoms with E-state index in [4.69, 9.17) is 11.6 Å². The van der Waals surface area contributed by atoms with Crippen LogP contribution in [0.3, 0.4) is 0 Å². The van der Waals surface area contributed by atoms with Crippen LogP contribution in [-0.4, -0.2) is 13.3 Å². The van der Waals surface area contributed by atoms with E-state index in [-0.39, 0.29) is 16.1 Å². The van der Waals surface area contributed by atoms with Crippen molar-refractivity contribution in [2.75, 3.05) is 0 Å². The maximum absolute atomic E-state index is 13.0. The molecule has 0 spiro atoms. The Kier molecular flexibility index (Phi) is 6.81. The van der Waals surface area contributed by atoms with Crippen LogP contribution < -0.4 is 0 Å². The molecule has 0 saturated carbocycles. The summed E-state index contributed by atoms with van der Waals surface area (Å²) in [6.07, 6.45) is 1.17. The van der Waals surface area contributed by atoms with E-state index >= 15 is 0 Å². The van der Waals surface area contributed by atoms with Crippen LogP contribution in [0.25, 0.3) is 6.08 Å². The van der Waals surface area contributed by atoms with Crippen LogP contribution in [0.1, 0.15) is 11.1 Å². The molecule has 0 heterocycles. The minimum atomic E-state index is -4.09. The van der Waals surface area contributed by atoms with Crippen molar-refractivity contribution in [1.82, 2.24) is 0 Å². The summed E-state index contributed by atoms with van der Waals surface area (Å²) < 4.78 is 25.9. The van der Waals surface area contributed by atoms with Gasteiger partial charge in [0.25, 0.3) is 5.69 Å². The van der Waals surface area contributed by atoms with Crippen LogP contribution in [0.2, 0.25) is 5.02 Å². The van der Waals surface area contributed by atoms with Gasteiger partial charge in [0.15, 0.2) is 0 Å². The zero-order valence-electron chi connectivity index (χ0n) is 16.2.